The van der Waals surface area contributed by atoms with Gasteiger partial charge in [-0.25, -0.2) is 23.1 Å². The van der Waals surface area contributed by atoms with E-state index in [0.717, 1.165) is 6.07 Å². The van der Waals surface area contributed by atoms with Gasteiger partial charge in [-0.3, -0.25) is 9.20 Å². The van der Waals surface area contributed by atoms with Gasteiger partial charge in [-0.05, 0) is 31.5 Å². The molecule has 0 unspecified atom stereocenters. The molecule has 2 N–H and O–H groups in total. The van der Waals surface area contributed by atoms with Crippen LogP contribution >= 0.6 is 0 Å². The summed E-state index contributed by atoms with van der Waals surface area (Å²) >= 11 is 0. The molecule has 152 valence electrons. The maximum atomic E-state index is 14.5. The largest absolute Gasteiger partial charge is 0.355 e. The van der Waals surface area contributed by atoms with E-state index in [2.05, 4.69) is 20.6 Å². The Labute approximate surface area is 165 Å². The summed E-state index contributed by atoms with van der Waals surface area (Å²) in [7, 11) is 1.52. The molecule has 1 amide bonds. The van der Waals surface area contributed by atoms with Gasteiger partial charge in [-0.1, -0.05) is 0 Å². The zero-order valence-corrected chi connectivity index (χ0v) is 15.8. The maximum Gasteiger partial charge on any atom is 0.251 e. The van der Waals surface area contributed by atoms with Crippen LogP contribution in [0.5, 0.6) is 0 Å². The first-order chi connectivity index (χ1) is 14.0. The lowest BCUT2D eigenvalue weighted by Crippen LogP contribution is -2.39. The summed E-state index contributed by atoms with van der Waals surface area (Å²) in [6.45, 7) is 1.01. The van der Waals surface area contributed by atoms with Gasteiger partial charge in [0.15, 0.2) is 5.82 Å². The van der Waals surface area contributed by atoms with Crippen LogP contribution in [-0.2, 0) is 6.42 Å². The minimum absolute atomic E-state index is 0.0229. The highest BCUT2D eigenvalue weighted by molar-refractivity contribution is 5.94. The van der Waals surface area contributed by atoms with E-state index in [4.69, 9.17) is 0 Å². The van der Waals surface area contributed by atoms with Crippen molar-refractivity contribution < 1.29 is 18.0 Å². The highest BCUT2D eigenvalue weighted by atomic mass is 19.1. The third-order valence-electron chi connectivity index (χ3n) is 5.22. The number of aromatic nitrogens is 3. The Hall–Kier alpha value is -2.94. The van der Waals surface area contributed by atoms with Gasteiger partial charge in [0.05, 0.1) is 17.6 Å². The lowest BCUT2D eigenvalue weighted by atomic mass is 9.92. The zero-order chi connectivity index (χ0) is 20.5. The van der Waals surface area contributed by atoms with E-state index in [-0.39, 0.29) is 23.7 Å². The molecule has 0 aliphatic carbocycles. The fourth-order valence-corrected chi connectivity index (χ4v) is 3.61. The molecule has 4 rings (SSSR count). The van der Waals surface area contributed by atoms with E-state index in [1.165, 1.54) is 13.2 Å². The molecule has 29 heavy (non-hydrogen) atoms. The number of carbonyl (C=O) groups excluding carboxylic acids is 1. The average Bonchev–Trinajstić information content (AvgIpc) is 3.14. The molecule has 1 fully saturated rings. The van der Waals surface area contributed by atoms with Crippen LogP contribution in [0.2, 0.25) is 0 Å². The van der Waals surface area contributed by atoms with Crippen LogP contribution in [0, 0.1) is 17.6 Å². The monoisotopic (exact) mass is 403 g/mol. The topological polar surface area (TPSA) is 71.3 Å². The van der Waals surface area contributed by atoms with Crippen LogP contribution in [-0.4, -0.2) is 46.6 Å². The molecular formula is C20H20F3N5O. The molecule has 0 radical (unpaired) electrons. The van der Waals surface area contributed by atoms with Crippen molar-refractivity contribution in [3.05, 3.63) is 53.5 Å². The number of nitrogens with one attached hydrogen (secondary N) is 2. The number of hydrogen-bond donors (Lipinski definition) is 2. The summed E-state index contributed by atoms with van der Waals surface area (Å²) in [4.78, 5) is 20.2. The minimum atomic E-state index is -1.05. The van der Waals surface area contributed by atoms with Gasteiger partial charge < -0.3 is 10.6 Å². The van der Waals surface area contributed by atoms with E-state index in [9.17, 15) is 18.0 Å². The number of amides is 1. The molecule has 3 aromatic rings. The molecule has 0 spiro atoms. The van der Waals surface area contributed by atoms with Gasteiger partial charge in [0.1, 0.15) is 23.3 Å². The smallest absolute Gasteiger partial charge is 0.251 e. The van der Waals surface area contributed by atoms with Crippen molar-refractivity contribution in [2.45, 2.75) is 19.0 Å². The summed E-state index contributed by atoms with van der Waals surface area (Å²) in [6.07, 6.45) is 2.38. The second-order valence-electron chi connectivity index (χ2n) is 7.09. The molecule has 0 saturated carbocycles. The van der Waals surface area contributed by atoms with E-state index >= 15 is 0 Å². The number of rotatable bonds is 4. The fraction of sp³-hybridized carbons (Fsp3) is 0.350. The Morgan fingerprint density at radius 1 is 1.34 bits per heavy atom. The molecular weight excluding hydrogens is 383 g/mol. The number of pyridine rings is 2. The standard InChI is InChI=1S/C20H20F3N5O/c1-24-20(29)11-3-5-28-17(10-26-18(28)7-11)19-15(23)8-14(22)16(27-19)6-12-9-25-4-2-13(12)21/h3,5,7-8,10,12-13,25H,2,4,6,9H2,1H3,(H,24,29)/t12-,13-/m0/s1. The minimum Gasteiger partial charge on any atom is -0.355 e. The molecule has 9 heteroatoms. The van der Waals surface area contributed by atoms with Crippen LogP contribution in [0.15, 0.2) is 30.6 Å². The number of halogens is 3. The predicted octanol–water partition coefficient (Wildman–Crippen LogP) is 2.52. The first-order valence-corrected chi connectivity index (χ1v) is 9.37. The Morgan fingerprint density at radius 2 is 2.17 bits per heavy atom. The van der Waals surface area contributed by atoms with E-state index in [0.29, 0.717) is 36.4 Å². The number of imidazole rings is 1. The lowest BCUT2D eigenvalue weighted by molar-refractivity contribution is 0.0963. The van der Waals surface area contributed by atoms with Crippen LogP contribution in [0.3, 0.4) is 0 Å². The third-order valence-corrected chi connectivity index (χ3v) is 5.22. The summed E-state index contributed by atoms with van der Waals surface area (Å²) in [5.74, 6) is -2.31. The Morgan fingerprint density at radius 3 is 2.93 bits per heavy atom. The molecule has 0 bridgehead atoms. The molecule has 1 aliphatic rings. The summed E-state index contributed by atoms with van der Waals surface area (Å²) in [5.41, 5.74) is 1.11. The summed E-state index contributed by atoms with van der Waals surface area (Å²) in [5, 5.41) is 5.61. The third kappa shape index (κ3) is 3.69. The normalized spacial score (nSPS) is 19.4. The first kappa shape index (κ1) is 19.4. The second kappa shape index (κ2) is 7.82. The lowest BCUT2D eigenvalue weighted by Gasteiger charge is -2.26. The number of fused-ring (bicyclic) bond motifs is 1. The Kier molecular flexibility index (Phi) is 5.23. The number of alkyl halides is 1. The van der Waals surface area contributed by atoms with Gasteiger partial charge in [0.25, 0.3) is 5.91 Å². The molecule has 1 saturated heterocycles. The van der Waals surface area contributed by atoms with Gasteiger partial charge in [-0.2, -0.15) is 0 Å². The van der Waals surface area contributed by atoms with E-state index < -0.39 is 23.7 Å². The highest BCUT2D eigenvalue weighted by Crippen LogP contribution is 2.27. The molecule has 1 aliphatic heterocycles. The quantitative estimate of drug-likeness (QED) is 0.702. The molecule has 6 nitrogen and oxygen atoms in total. The average molecular weight is 403 g/mol. The molecule has 3 aromatic heterocycles. The van der Waals surface area contributed by atoms with Crippen LogP contribution in [0.25, 0.3) is 17.0 Å². The second-order valence-corrected chi connectivity index (χ2v) is 7.09. The number of nitrogens with zero attached hydrogens (tertiary/aromatic N) is 3. The van der Waals surface area contributed by atoms with Crippen LogP contribution in [0.1, 0.15) is 22.5 Å². The first-order valence-electron chi connectivity index (χ1n) is 9.37. The molecule has 4 heterocycles. The highest BCUT2D eigenvalue weighted by Gasteiger charge is 2.27. The van der Waals surface area contributed by atoms with E-state index in [1.807, 2.05) is 0 Å². The van der Waals surface area contributed by atoms with Crippen molar-refractivity contribution in [1.29, 1.82) is 0 Å². The number of carbonyl (C=O) groups is 1. The van der Waals surface area contributed by atoms with Gasteiger partial charge in [-0.15, -0.1) is 0 Å². The van der Waals surface area contributed by atoms with Gasteiger partial charge >= 0.3 is 0 Å². The zero-order valence-electron chi connectivity index (χ0n) is 15.8. The Bertz CT molecular complexity index is 1070. The van der Waals surface area contributed by atoms with Crippen molar-refractivity contribution in [2.24, 2.45) is 5.92 Å². The molecule has 0 aromatic carbocycles. The summed E-state index contributed by atoms with van der Waals surface area (Å²) in [6, 6.07) is 3.91. The van der Waals surface area contributed by atoms with Gasteiger partial charge in [0, 0.05) is 37.3 Å². The molecule has 2 atom stereocenters. The number of piperidine rings is 1. The van der Waals surface area contributed by atoms with Crippen molar-refractivity contribution in [3.8, 4) is 11.4 Å². The maximum absolute atomic E-state index is 14.5. The van der Waals surface area contributed by atoms with Crippen molar-refractivity contribution >= 4 is 11.6 Å². The Balaban J connectivity index is 1.72. The fourth-order valence-electron chi connectivity index (χ4n) is 3.61. The van der Waals surface area contributed by atoms with Crippen molar-refractivity contribution in [1.82, 2.24) is 25.0 Å². The predicted molar refractivity (Wildman–Crippen MR) is 101 cm³/mol. The summed E-state index contributed by atoms with van der Waals surface area (Å²) < 4.78 is 44.6. The van der Waals surface area contributed by atoms with Crippen LogP contribution in [0.4, 0.5) is 13.2 Å². The SMILES string of the molecule is CNC(=O)c1ccn2c(-c3nc(C[C@H]4CNCC[C@@H]4F)c(F)cc3F)cnc2c1. The number of hydrogen-bond acceptors (Lipinski definition) is 4. The van der Waals surface area contributed by atoms with Crippen molar-refractivity contribution in [2.75, 3.05) is 20.1 Å². The van der Waals surface area contributed by atoms with Crippen molar-refractivity contribution in [3.63, 3.8) is 0 Å². The van der Waals surface area contributed by atoms with Gasteiger partial charge in [0.2, 0.25) is 0 Å². The van der Waals surface area contributed by atoms with Crippen LogP contribution < -0.4 is 10.6 Å². The van der Waals surface area contributed by atoms with E-state index in [1.54, 1.807) is 22.7 Å².